The van der Waals surface area contributed by atoms with Gasteiger partial charge in [-0.3, -0.25) is 0 Å². The van der Waals surface area contributed by atoms with Gasteiger partial charge in [-0.15, -0.1) is 22.7 Å². The maximum absolute atomic E-state index is 5.46. The van der Waals surface area contributed by atoms with Crippen LogP contribution in [0.4, 0.5) is 0 Å². The molecule has 0 aliphatic rings. The maximum atomic E-state index is 5.46. The number of hydrogen-bond donors (Lipinski definition) is 0. The Bertz CT molecular complexity index is 5150. The van der Waals surface area contributed by atoms with Crippen LogP contribution in [0.15, 0.2) is 267 Å². The van der Waals surface area contributed by atoms with Gasteiger partial charge >= 0.3 is 0 Å². The van der Waals surface area contributed by atoms with Crippen molar-refractivity contribution in [2.45, 2.75) is 0 Å². The van der Waals surface area contributed by atoms with Crippen molar-refractivity contribution in [3.63, 3.8) is 0 Å². The first kappa shape index (κ1) is 47.6. The molecule has 0 N–H and O–H groups in total. The molecular weight excluding hydrogens is 1040 g/mol. The Morgan fingerprint density at radius 1 is 0.220 bits per heavy atom. The Morgan fingerprint density at radius 3 is 1.26 bits per heavy atom. The normalized spacial score (nSPS) is 11.7. The van der Waals surface area contributed by atoms with E-state index in [1.165, 1.54) is 10.1 Å². The average molecular weight is 1080 g/mol. The molecular formula is C74H44N6S2. The third kappa shape index (κ3) is 8.39. The van der Waals surface area contributed by atoms with Crippen LogP contribution in [-0.2, 0) is 0 Å². The molecule has 8 heteroatoms. The molecule has 0 radical (unpaired) electrons. The van der Waals surface area contributed by atoms with Gasteiger partial charge in [0.15, 0.2) is 11.6 Å². The first-order valence-corrected chi connectivity index (χ1v) is 29.0. The summed E-state index contributed by atoms with van der Waals surface area (Å²) >= 11 is 3.44. The highest BCUT2D eigenvalue weighted by atomic mass is 32.1. The minimum atomic E-state index is 0.668. The van der Waals surface area contributed by atoms with Gasteiger partial charge in [-0.1, -0.05) is 218 Å². The van der Waals surface area contributed by atoms with Gasteiger partial charge in [0, 0.05) is 75.1 Å². The largest absolute Gasteiger partial charge is 0.237 e. The lowest BCUT2D eigenvalue weighted by Crippen LogP contribution is -1.98. The van der Waals surface area contributed by atoms with Crippen molar-refractivity contribution in [1.29, 1.82) is 0 Å². The zero-order valence-corrected chi connectivity index (χ0v) is 45.5. The summed E-state index contributed by atoms with van der Waals surface area (Å²) in [6.07, 6.45) is 0. The van der Waals surface area contributed by atoms with Gasteiger partial charge in [0.05, 0.1) is 33.8 Å². The molecule has 0 bridgehead atoms. The Labute approximate surface area is 480 Å². The number of rotatable bonds is 9. The molecule has 0 saturated heterocycles. The fourth-order valence-electron chi connectivity index (χ4n) is 11.6. The smallest absolute Gasteiger partial charge is 0.161 e. The van der Waals surface area contributed by atoms with Crippen LogP contribution in [0.1, 0.15) is 0 Å². The molecule has 0 aliphatic carbocycles. The Morgan fingerprint density at radius 2 is 0.622 bits per heavy atom. The second-order valence-corrected chi connectivity index (χ2v) is 22.6. The Kier molecular flexibility index (Phi) is 11.5. The van der Waals surface area contributed by atoms with Crippen molar-refractivity contribution in [1.82, 2.24) is 29.9 Å². The molecule has 0 unspecified atom stereocenters. The lowest BCUT2D eigenvalue weighted by molar-refractivity contribution is 1.19. The summed E-state index contributed by atoms with van der Waals surface area (Å²) in [6, 6.07) is 93.9. The number of nitrogens with zero attached hydrogens (tertiary/aromatic N) is 6. The Hall–Kier alpha value is -10.4. The van der Waals surface area contributed by atoms with Gasteiger partial charge in [-0.2, -0.15) is 0 Å². The minimum absolute atomic E-state index is 0.668. The number of aromatic nitrogens is 6. The van der Waals surface area contributed by atoms with Crippen LogP contribution in [0, 0.1) is 0 Å². The monoisotopic (exact) mass is 1080 g/mol. The van der Waals surface area contributed by atoms with E-state index in [4.69, 9.17) is 29.9 Å². The van der Waals surface area contributed by atoms with E-state index in [0.717, 1.165) is 142 Å². The molecule has 16 aromatic rings. The molecule has 0 amide bonds. The average Bonchev–Trinajstić information content (AvgIpc) is 3.95. The quantitative estimate of drug-likeness (QED) is 0.143. The van der Waals surface area contributed by atoms with E-state index in [1.54, 1.807) is 22.7 Å². The van der Waals surface area contributed by atoms with Gasteiger partial charge in [-0.05, 0) is 81.9 Å². The highest BCUT2D eigenvalue weighted by Crippen LogP contribution is 2.46. The number of thiophene rings is 2. The maximum Gasteiger partial charge on any atom is 0.161 e. The first-order chi connectivity index (χ1) is 40.6. The third-order valence-electron chi connectivity index (χ3n) is 15.5. The van der Waals surface area contributed by atoms with E-state index in [-0.39, 0.29) is 0 Å². The summed E-state index contributed by atoms with van der Waals surface area (Å²) in [5.74, 6) is 1.34. The van der Waals surface area contributed by atoms with Gasteiger partial charge in [0.2, 0.25) is 0 Å². The molecule has 0 aliphatic heterocycles. The molecule has 0 saturated carbocycles. The van der Waals surface area contributed by atoms with E-state index in [9.17, 15) is 0 Å². The third-order valence-corrected chi connectivity index (χ3v) is 17.7. The van der Waals surface area contributed by atoms with Gasteiger partial charge in [-0.25, -0.2) is 29.9 Å². The second-order valence-electron chi connectivity index (χ2n) is 20.5. The second kappa shape index (κ2) is 19.8. The highest BCUT2D eigenvalue weighted by molar-refractivity contribution is 7.26. The topological polar surface area (TPSA) is 77.3 Å². The van der Waals surface area contributed by atoms with Crippen molar-refractivity contribution in [2.24, 2.45) is 0 Å². The summed E-state index contributed by atoms with van der Waals surface area (Å²) in [5.41, 5.74) is 18.1. The van der Waals surface area contributed by atoms with Crippen LogP contribution in [0.3, 0.4) is 0 Å². The zero-order valence-electron chi connectivity index (χ0n) is 43.9. The summed E-state index contributed by atoms with van der Waals surface area (Å²) in [5, 5.41) is 6.56. The molecule has 0 atom stereocenters. The van der Waals surface area contributed by atoms with Crippen LogP contribution in [0.2, 0.25) is 0 Å². The molecule has 0 fully saturated rings. The van der Waals surface area contributed by atoms with Gasteiger partial charge in [0.25, 0.3) is 0 Å². The van der Waals surface area contributed by atoms with E-state index < -0.39 is 0 Å². The summed E-state index contributed by atoms with van der Waals surface area (Å²) in [7, 11) is 0. The van der Waals surface area contributed by atoms with E-state index in [2.05, 4.69) is 243 Å². The van der Waals surface area contributed by atoms with Crippen LogP contribution in [0.25, 0.3) is 164 Å². The molecule has 382 valence electrons. The fraction of sp³-hybridized carbons (Fsp3) is 0. The lowest BCUT2D eigenvalue weighted by atomic mass is 9.96. The van der Waals surface area contributed by atoms with Gasteiger partial charge in [0.1, 0.15) is 9.66 Å². The van der Waals surface area contributed by atoms with Crippen LogP contribution < -0.4 is 0 Å². The number of hydrogen-bond acceptors (Lipinski definition) is 8. The van der Waals surface area contributed by atoms with Crippen molar-refractivity contribution in [3.05, 3.63) is 267 Å². The summed E-state index contributed by atoms with van der Waals surface area (Å²) < 4.78 is 2.35. The molecule has 6 aromatic heterocycles. The highest BCUT2D eigenvalue weighted by Gasteiger charge is 2.23. The van der Waals surface area contributed by atoms with Crippen LogP contribution in [0.5, 0.6) is 0 Å². The number of fused-ring (bicyclic) bond motifs is 8. The van der Waals surface area contributed by atoms with Crippen molar-refractivity contribution >= 4 is 85.1 Å². The standard InChI is InChI=1S/C74H44N6S2/c1-4-18-45(19-5-1)50-24-16-26-53(40-50)62-43-61(48-20-6-2-7-21-48)76-72(77-62)68-56-29-11-14-32-60(56)80-74-70(68)58-39-38-52(42-66(58)82-74)47-36-34-46(35-37-47)51-25-17-27-54(41-51)63-44-64(78-71(75-63)49-22-8-3-9-23-49)67-55-28-10-13-31-59(55)79-73-69(67)57-30-12-15-33-65(57)81-73/h1-44H. The van der Waals surface area contributed by atoms with E-state index in [0.29, 0.717) is 11.6 Å². The Balaban J connectivity index is 0.779. The van der Waals surface area contributed by atoms with Crippen molar-refractivity contribution < 1.29 is 0 Å². The minimum Gasteiger partial charge on any atom is -0.237 e. The molecule has 82 heavy (non-hydrogen) atoms. The lowest BCUT2D eigenvalue weighted by Gasteiger charge is -2.13. The molecule has 16 rings (SSSR count). The SMILES string of the molecule is c1ccc(-c2cccc(-c3cc(-c4ccccc4)nc(-c4c5ccccc5nc5sc6cc(-c7ccc(-c8cccc(-c9cc(-c%10c%11ccccc%11nc%11sc%12ccccc%12c%10%11)nc(-c%10ccccc%10)n9)c8)cc7)ccc6c45)n3)c2)cc1. The molecule has 6 heterocycles. The molecule has 6 nitrogen and oxygen atoms in total. The molecule has 0 spiro atoms. The first-order valence-electron chi connectivity index (χ1n) is 27.3. The predicted octanol–water partition coefficient (Wildman–Crippen LogP) is 20.1. The van der Waals surface area contributed by atoms with E-state index >= 15 is 0 Å². The summed E-state index contributed by atoms with van der Waals surface area (Å²) in [4.78, 5) is 33.9. The zero-order chi connectivity index (χ0) is 54.1. The number of benzene rings is 10. The predicted molar refractivity (Wildman–Crippen MR) is 343 cm³/mol. The van der Waals surface area contributed by atoms with Crippen molar-refractivity contribution in [3.8, 4) is 101 Å². The summed E-state index contributed by atoms with van der Waals surface area (Å²) in [6.45, 7) is 0. The fourth-order valence-corrected chi connectivity index (χ4v) is 13.8. The van der Waals surface area contributed by atoms with Gasteiger partial charge < -0.3 is 0 Å². The number of para-hydroxylation sites is 2. The van der Waals surface area contributed by atoms with E-state index in [1.807, 2.05) is 24.3 Å². The van der Waals surface area contributed by atoms with Crippen molar-refractivity contribution in [2.75, 3.05) is 0 Å². The molecule has 10 aromatic carbocycles. The number of pyridine rings is 2. The van der Waals surface area contributed by atoms with Crippen LogP contribution in [-0.4, -0.2) is 29.9 Å². The van der Waals surface area contributed by atoms with Crippen LogP contribution >= 0.6 is 22.7 Å².